The lowest BCUT2D eigenvalue weighted by molar-refractivity contribution is -0.181. The summed E-state index contributed by atoms with van der Waals surface area (Å²) < 4.78 is 11.5. The molecule has 1 aromatic carbocycles. The van der Waals surface area contributed by atoms with Crippen LogP contribution in [0, 0.1) is 13.8 Å². The second-order valence-electron chi connectivity index (χ2n) is 7.23. The Morgan fingerprint density at radius 2 is 1.89 bits per heavy atom. The fourth-order valence-corrected chi connectivity index (χ4v) is 3.69. The third-order valence-corrected chi connectivity index (χ3v) is 5.49. The number of hydrogen-bond donors (Lipinski definition) is 1. The lowest BCUT2D eigenvalue weighted by Gasteiger charge is -2.37. The number of pyridine rings is 1. The number of piperidine rings is 1. The van der Waals surface area contributed by atoms with Gasteiger partial charge in [0.05, 0.1) is 30.7 Å². The van der Waals surface area contributed by atoms with E-state index in [1.807, 2.05) is 23.1 Å². The summed E-state index contributed by atoms with van der Waals surface area (Å²) in [6.07, 6.45) is 4.80. The first-order valence-electron chi connectivity index (χ1n) is 9.42. The molecule has 0 saturated carbocycles. The van der Waals surface area contributed by atoms with Gasteiger partial charge in [-0.15, -0.1) is 0 Å². The highest BCUT2D eigenvalue weighted by atomic mass is 16.7. The van der Waals surface area contributed by atoms with Gasteiger partial charge in [0, 0.05) is 37.8 Å². The van der Waals surface area contributed by atoms with Gasteiger partial charge in [0.25, 0.3) is 5.91 Å². The molecule has 1 amide bonds. The molecule has 27 heavy (non-hydrogen) atoms. The van der Waals surface area contributed by atoms with E-state index in [-0.39, 0.29) is 5.91 Å². The van der Waals surface area contributed by atoms with Gasteiger partial charge in [-0.1, -0.05) is 12.1 Å². The third kappa shape index (κ3) is 3.68. The monoisotopic (exact) mass is 367 g/mol. The van der Waals surface area contributed by atoms with Gasteiger partial charge in [0.1, 0.15) is 0 Å². The highest BCUT2D eigenvalue weighted by Gasteiger charge is 2.40. The van der Waals surface area contributed by atoms with E-state index >= 15 is 0 Å². The summed E-state index contributed by atoms with van der Waals surface area (Å²) in [5, 5.41) is 3.38. The largest absolute Gasteiger partial charge is 0.354 e. The van der Waals surface area contributed by atoms with Crippen molar-refractivity contribution in [3.05, 3.63) is 53.3 Å². The maximum atomic E-state index is 12.9. The van der Waals surface area contributed by atoms with Crippen LogP contribution >= 0.6 is 0 Å². The summed E-state index contributed by atoms with van der Waals surface area (Å²) in [5.74, 6) is -0.471. The maximum absolute atomic E-state index is 12.9. The number of aryl methyl sites for hydroxylation is 1. The van der Waals surface area contributed by atoms with Crippen molar-refractivity contribution in [3.63, 3.8) is 0 Å². The molecule has 2 aliphatic heterocycles. The predicted molar refractivity (Wildman–Crippen MR) is 103 cm³/mol. The second-order valence-corrected chi connectivity index (χ2v) is 7.23. The first-order chi connectivity index (χ1) is 13.1. The molecule has 2 aromatic rings. The summed E-state index contributed by atoms with van der Waals surface area (Å²) in [6, 6.07) is 8.00. The van der Waals surface area contributed by atoms with Crippen LogP contribution in [0.2, 0.25) is 0 Å². The van der Waals surface area contributed by atoms with E-state index in [2.05, 4.69) is 30.2 Å². The summed E-state index contributed by atoms with van der Waals surface area (Å²) in [6.45, 7) is 6.71. The Kier molecular flexibility index (Phi) is 4.85. The number of hydrogen-bond acceptors (Lipinski definition) is 5. The lowest BCUT2D eigenvalue weighted by Crippen LogP contribution is -2.47. The molecule has 2 aliphatic rings. The van der Waals surface area contributed by atoms with E-state index in [9.17, 15) is 4.79 Å². The van der Waals surface area contributed by atoms with Crippen LogP contribution in [0.4, 0.5) is 11.4 Å². The summed E-state index contributed by atoms with van der Waals surface area (Å²) in [7, 11) is 0. The van der Waals surface area contributed by atoms with Gasteiger partial charge in [0.15, 0.2) is 5.79 Å². The SMILES string of the molecule is Cc1cccc(Nc2cncc(C(=O)N3CCC4(CC3)OCCO4)c2)c1C. The molecule has 0 unspecified atom stereocenters. The number of amides is 1. The maximum Gasteiger partial charge on any atom is 0.255 e. The molecule has 6 heteroatoms. The topological polar surface area (TPSA) is 63.7 Å². The minimum atomic E-state index is -0.471. The minimum absolute atomic E-state index is 0.0000360. The van der Waals surface area contributed by atoms with Crippen molar-refractivity contribution in [1.29, 1.82) is 0 Å². The van der Waals surface area contributed by atoms with Crippen LogP contribution in [-0.2, 0) is 9.47 Å². The van der Waals surface area contributed by atoms with E-state index in [0.29, 0.717) is 44.7 Å². The van der Waals surface area contributed by atoms with Crippen LogP contribution in [0.3, 0.4) is 0 Å². The summed E-state index contributed by atoms with van der Waals surface area (Å²) in [5.41, 5.74) is 4.84. The van der Waals surface area contributed by atoms with Crippen molar-refractivity contribution >= 4 is 17.3 Å². The number of ether oxygens (including phenoxy) is 2. The standard InChI is InChI=1S/C21H25N3O3/c1-15-4-3-5-19(16(15)2)23-18-12-17(13-22-14-18)20(25)24-8-6-21(7-9-24)26-10-11-27-21/h3-5,12-14,23H,6-11H2,1-2H3. The smallest absolute Gasteiger partial charge is 0.255 e. The number of benzene rings is 1. The van der Waals surface area contributed by atoms with Crippen LogP contribution < -0.4 is 5.32 Å². The Morgan fingerprint density at radius 1 is 1.15 bits per heavy atom. The van der Waals surface area contributed by atoms with Crippen molar-refractivity contribution in [1.82, 2.24) is 9.88 Å². The average Bonchev–Trinajstić information content (AvgIpc) is 3.14. The number of carbonyl (C=O) groups excluding carboxylic acids is 1. The van der Waals surface area contributed by atoms with Crippen molar-refractivity contribution in [2.75, 3.05) is 31.6 Å². The second kappa shape index (κ2) is 7.29. The first kappa shape index (κ1) is 17.9. The van der Waals surface area contributed by atoms with E-state index in [0.717, 1.165) is 11.4 Å². The molecule has 0 atom stereocenters. The Balaban J connectivity index is 1.46. The number of nitrogens with one attached hydrogen (secondary N) is 1. The van der Waals surface area contributed by atoms with Crippen LogP contribution in [0.1, 0.15) is 34.3 Å². The molecule has 1 spiro atoms. The van der Waals surface area contributed by atoms with E-state index in [4.69, 9.17) is 9.47 Å². The van der Waals surface area contributed by atoms with E-state index in [1.54, 1.807) is 12.4 Å². The lowest BCUT2D eigenvalue weighted by atomic mass is 10.0. The van der Waals surface area contributed by atoms with Crippen molar-refractivity contribution in [2.24, 2.45) is 0 Å². The molecule has 4 rings (SSSR count). The number of anilines is 2. The molecule has 2 fully saturated rings. The third-order valence-electron chi connectivity index (χ3n) is 5.49. The molecule has 1 aromatic heterocycles. The van der Waals surface area contributed by atoms with Gasteiger partial charge >= 0.3 is 0 Å². The molecular weight excluding hydrogens is 342 g/mol. The normalized spacial score (nSPS) is 18.7. The number of rotatable bonds is 3. The number of aromatic nitrogens is 1. The zero-order valence-corrected chi connectivity index (χ0v) is 15.8. The fourth-order valence-electron chi connectivity index (χ4n) is 3.69. The Morgan fingerprint density at radius 3 is 2.63 bits per heavy atom. The zero-order chi connectivity index (χ0) is 18.9. The summed E-state index contributed by atoms with van der Waals surface area (Å²) >= 11 is 0. The van der Waals surface area contributed by atoms with Crippen molar-refractivity contribution in [3.8, 4) is 0 Å². The number of nitrogens with zero attached hydrogens (tertiary/aromatic N) is 2. The quantitative estimate of drug-likeness (QED) is 0.901. The Hall–Kier alpha value is -2.44. The highest BCUT2D eigenvalue weighted by Crippen LogP contribution is 2.32. The van der Waals surface area contributed by atoms with Gasteiger partial charge < -0.3 is 19.7 Å². The van der Waals surface area contributed by atoms with Crippen molar-refractivity contribution in [2.45, 2.75) is 32.5 Å². The Bertz CT molecular complexity index is 836. The molecule has 0 radical (unpaired) electrons. The van der Waals surface area contributed by atoms with E-state index in [1.165, 1.54) is 11.1 Å². The van der Waals surface area contributed by atoms with Crippen LogP contribution in [-0.4, -0.2) is 47.9 Å². The molecule has 2 saturated heterocycles. The average molecular weight is 367 g/mol. The Labute approximate surface area is 159 Å². The summed E-state index contributed by atoms with van der Waals surface area (Å²) in [4.78, 5) is 19.0. The fraction of sp³-hybridized carbons (Fsp3) is 0.429. The molecule has 0 aliphatic carbocycles. The minimum Gasteiger partial charge on any atom is -0.354 e. The van der Waals surface area contributed by atoms with Gasteiger partial charge in [-0.3, -0.25) is 9.78 Å². The number of likely N-dealkylation sites (tertiary alicyclic amines) is 1. The molecule has 1 N–H and O–H groups in total. The van der Waals surface area contributed by atoms with E-state index < -0.39 is 5.79 Å². The van der Waals surface area contributed by atoms with Crippen LogP contribution in [0.15, 0.2) is 36.7 Å². The molecule has 6 nitrogen and oxygen atoms in total. The molecule has 3 heterocycles. The van der Waals surface area contributed by atoms with Crippen molar-refractivity contribution < 1.29 is 14.3 Å². The van der Waals surface area contributed by atoms with Gasteiger partial charge in [-0.25, -0.2) is 0 Å². The van der Waals surface area contributed by atoms with Crippen LogP contribution in [0.5, 0.6) is 0 Å². The molecular formula is C21H25N3O3. The highest BCUT2D eigenvalue weighted by molar-refractivity contribution is 5.95. The van der Waals surface area contributed by atoms with Gasteiger partial charge in [-0.2, -0.15) is 0 Å². The van der Waals surface area contributed by atoms with Gasteiger partial charge in [-0.05, 0) is 37.1 Å². The van der Waals surface area contributed by atoms with Crippen LogP contribution in [0.25, 0.3) is 0 Å². The molecule has 0 bridgehead atoms. The van der Waals surface area contributed by atoms with Gasteiger partial charge in [0.2, 0.25) is 0 Å². The predicted octanol–water partition coefficient (Wildman–Crippen LogP) is 3.42. The number of carbonyl (C=O) groups is 1. The molecule has 142 valence electrons. The zero-order valence-electron chi connectivity index (χ0n) is 15.8. The first-order valence-corrected chi connectivity index (χ1v) is 9.42.